The highest BCUT2D eigenvalue weighted by Crippen LogP contribution is 2.45. The molecular weight excluding hydrogens is 370 g/mol. The van der Waals surface area contributed by atoms with Crippen molar-refractivity contribution in [2.75, 3.05) is 19.8 Å². The first-order valence-electron chi connectivity index (χ1n) is 10.7. The van der Waals surface area contributed by atoms with Crippen molar-refractivity contribution in [1.82, 2.24) is 9.88 Å². The standard InChI is InChI=1S/C22H27N3O2S/c26-19-13-22(10-4-1-5-11-22)21(27)25(19)15-24-12-6-7-16(14-24)20-23-17-8-2-3-9-18(17)28-20/h2-3,8-9,16H,1,4-7,10-15H2/p+1/t16-/m0/s1. The number of hydrogen-bond donors (Lipinski definition) is 1. The molecule has 2 aliphatic heterocycles. The zero-order valence-corrected chi connectivity index (χ0v) is 17.1. The Morgan fingerprint density at radius 3 is 2.79 bits per heavy atom. The fraction of sp³-hybridized carbons (Fsp3) is 0.591. The molecule has 1 unspecified atom stereocenters. The molecule has 3 heterocycles. The molecule has 3 fully saturated rings. The molecule has 5 rings (SSSR count). The number of quaternary nitrogens is 1. The van der Waals surface area contributed by atoms with Crippen LogP contribution in [0.2, 0.25) is 0 Å². The normalized spacial score (nSPS) is 27.8. The Balaban J connectivity index is 1.29. The fourth-order valence-corrected chi connectivity index (χ4v) is 6.53. The summed E-state index contributed by atoms with van der Waals surface area (Å²) in [5.41, 5.74) is 0.718. The van der Waals surface area contributed by atoms with Gasteiger partial charge in [0.1, 0.15) is 5.01 Å². The van der Waals surface area contributed by atoms with Gasteiger partial charge in [0.25, 0.3) is 0 Å². The summed E-state index contributed by atoms with van der Waals surface area (Å²) in [4.78, 5) is 33.6. The summed E-state index contributed by atoms with van der Waals surface area (Å²) in [6, 6.07) is 8.31. The number of benzene rings is 1. The summed E-state index contributed by atoms with van der Waals surface area (Å²) in [5.74, 6) is 0.603. The second-order valence-corrected chi connectivity index (χ2v) is 9.93. The lowest BCUT2D eigenvalue weighted by atomic mass is 9.73. The van der Waals surface area contributed by atoms with Crippen LogP contribution in [0.3, 0.4) is 0 Å². The van der Waals surface area contributed by atoms with E-state index in [2.05, 4.69) is 18.2 Å². The van der Waals surface area contributed by atoms with Gasteiger partial charge in [0.15, 0.2) is 6.67 Å². The molecule has 1 aliphatic carbocycles. The predicted octanol–water partition coefficient (Wildman–Crippen LogP) is 2.73. The molecule has 6 heteroatoms. The van der Waals surface area contributed by atoms with Gasteiger partial charge in [0.2, 0.25) is 11.8 Å². The molecular formula is C22H28N3O2S+. The number of thiazole rings is 1. The van der Waals surface area contributed by atoms with E-state index in [1.165, 1.54) is 21.0 Å². The number of carbonyl (C=O) groups is 2. The van der Waals surface area contributed by atoms with Crippen molar-refractivity contribution in [1.29, 1.82) is 0 Å². The lowest BCUT2D eigenvalue weighted by Crippen LogP contribution is -3.15. The maximum Gasteiger partial charge on any atom is 0.240 e. The highest BCUT2D eigenvalue weighted by molar-refractivity contribution is 7.18. The minimum Gasteiger partial charge on any atom is -0.317 e. The number of aromatic nitrogens is 1. The number of hydrogen-bond acceptors (Lipinski definition) is 4. The van der Waals surface area contributed by atoms with Gasteiger partial charge in [-0.05, 0) is 37.8 Å². The van der Waals surface area contributed by atoms with Gasteiger partial charge in [-0.15, -0.1) is 11.3 Å². The molecule has 0 radical (unpaired) electrons. The number of para-hydroxylation sites is 1. The Bertz CT molecular complexity index is 869. The lowest BCUT2D eigenvalue weighted by molar-refractivity contribution is -0.913. The molecule has 1 aromatic heterocycles. The van der Waals surface area contributed by atoms with Crippen LogP contribution in [-0.2, 0) is 9.59 Å². The number of fused-ring (bicyclic) bond motifs is 1. The lowest BCUT2D eigenvalue weighted by Gasteiger charge is -2.33. The van der Waals surface area contributed by atoms with E-state index in [-0.39, 0.29) is 17.2 Å². The smallest absolute Gasteiger partial charge is 0.240 e. The summed E-state index contributed by atoms with van der Waals surface area (Å²) in [7, 11) is 0. The molecule has 148 valence electrons. The minimum absolute atomic E-state index is 0.0570. The highest BCUT2D eigenvalue weighted by atomic mass is 32.1. The zero-order valence-electron chi connectivity index (χ0n) is 16.3. The number of imide groups is 1. The third-order valence-corrected chi connectivity index (χ3v) is 8.16. The molecule has 2 aromatic rings. The monoisotopic (exact) mass is 398 g/mol. The van der Waals surface area contributed by atoms with Gasteiger partial charge in [0, 0.05) is 6.42 Å². The summed E-state index contributed by atoms with van der Waals surface area (Å²) in [6.07, 6.45) is 7.89. The number of carbonyl (C=O) groups excluding carboxylic acids is 2. The minimum atomic E-state index is -0.364. The molecule has 28 heavy (non-hydrogen) atoms. The van der Waals surface area contributed by atoms with Crippen molar-refractivity contribution < 1.29 is 14.5 Å². The van der Waals surface area contributed by atoms with Crippen LogP contribution in [0.5, 0.6) is 0 Å². The number of amides is 2. The first-order chi connectivity index (χ1) is 13.6. The van der Waals surface area contributed by atoms with Crippen LogP contribution >= 0.6 is 11.3 Å². The van der Waals surface area contributed by atoms with Crippen LogP contribution < -0.4 is 4.90 Å². The molecule has 3 aliphatic rings. The van der Waals surface area contributed by atoms with Crippen molar-refractivity contribution >= 4 is 33.4 Å². The van der Waals surface area contributed by atoms with E-state index in [0.717, 1.165) is 57.1 Å². The summed E-state index contributed by atoms with van der Waals surface area (Å²) < 4.78 is 1.24. The van der Waals surface area contributed by atoms with Gasteiger partial charge in [-0.1, -0.05) is 31.4 Å². The third-order valence-electron chi connectivity index (χ3n) is 6.96. The summed E-state index contributed by atoms with van der Waals surface area (Å²) in [6.45, 7) is 2.54. The van der Waals surface area contributed by atoms with Gasteiger partial charge in [-0.25, -0.2) is 9.88 Å². The second-order valence-electron chi connectivity index (χ2n) is 8.87. The Kier molecular flexibility index (Phi) is 4.71. The van der Waals surface area contributed by atoms with Crippen LogP contribution in [0.1, 0.15) is 62.3 Å². The van der Waals surface area contributed by atoms with Crippen LogP contribution in [0, 0.1) is 5.41 Å². The van der Waals surface area contributed by atoms with Gasteiger partial charge in [-0.2, -0.15) is 0 Å². The van der Waals surface area contributed by atoms with Gasteiger partial charge in [0.05, 0.1) is 34.6 Å². The number of piperidine rings is 1. The first-order valence-corrected chi connectivity index (χ1v) is 11.5. The number of likely N-dealkylation sites (tertiary alicyclic amines) is 2. The van der Waals surface area contributed by atoms with Crippen LogP contribution in [0.15, 0.2) is 24.3 Å². The SMILES string of the molecule is O=C1CC2(CCCCC2)C(=O)N1C[NH+]1CCC[C@H](c2nc3ccccc3s2)C1. The van der Waals surface area contributed by atoms with E-state index in [0.29, 0.717) is 19.0 Å². The average molecular weight is 399 g/mol. The van der Waals surface area contributed by atoms with E-state index >= 15 is 0 Å². The topological polar surface area (TPSA) is 54.7 Å². The van der Waals surface area contributed by atoms with Crippen molar-refractivity contribution in [3.63, 3.8) is 0 Å². The number of nitrogens with zero attached hydrogens (tertiary/aromatic N) is 2. The molecule has 0 bridgehead atoms. The van der Waals surface area contributed by atoms with Crippen molar-refractivity contribution in [2.24, 2.45) is 5.41 Å². The Hall–Kier alpha value is -1.79. The molecule has 1 aromatic carbocycles. The van der Waals surface area contributed by atoms with Gasteiger partial charge >= 0.3 is 0 Å². The quantitative estimate of drug-likeness (QED) is 0.809. The molecule has 2 saturated heterocycles. The third kappa shape index (κ3) is 3.16. The van der Waals surface area contributed by atoms with Crippen LogP contribution in [0.4, 0.5) is 0 Å². The summed E-state index contributed by atoms with van der Waals surface area (Å²) in [5, 5.41) is 1.21. The number of rotatable bonds is 3. The molecule has 1 spiro atoms. The van der Waals surface area contributed by atoms with Crippen LogP contribution in [0.25, 0.3) is 10.2 Å². The molecule has 1 N–H and O–H groups in total. The molecule has 2 amide bonds. The molecule has 1 saturated carbocycles. The van der Waals surface area contributed by atoms with E-state index in [4.69, 9.17) is 4.98 Å². The largest absolute Gasteiger partial charge is 0.317 e. The maximum absolute atomic E-state index is 13.1. The first kappa shape index (κ1) is 18.3. The van der Waals surface area contributed by atoms with Gasteiger partial charge in [-0.3, -0.25) is 9.59 Å². The van der Waals surface area contributed by atoms with Crippen molar-refractivity contribution in [3.8, 4) is 0 Å². The maximum atomic E-state index is 13.1. The Morgan fingerprint density at radius 1 is 1.14 bits per heavy atom. The van der Waals surface area contributed by atoms with E-state index in [1.807, 2.05) is 6.07 Å². The molecule has 5 nitrogen and oxygen atoms in total. The molecule has 2 atom stereocenters. The van der Waals surface area contributed by atoms with E-state index < -0.39 is 0 Å². The predicted molar refractivity (Wildman–Crippen MR) is 109 cm³/mol. The van der Waals surface area contributed by atoms with Crippen molar-refractivity contribution in [2.45, 2.75) is 57.3 Å². The van der Waals surface area contributed by atoms with Gasteiger partial charge < -0.3 is 4.90 Å². The Morgan fingerprint density at radius 2 is 1.96 bits per heavy atom. The fourth-order valence-electron chi connectivity index (χ4n) is 5.43. The van der Waals surface area contributed by atoms with Crippen molar-refractivity contribution in [3.05, 3.63) is 29.3 Å². The highest BCUT2D eigenvalue weighted by Gasteiger charge is 2.52. The van der Waals surface area contributed by atoms with E-state index in [1.54, 1.807) is 16.2 Å². The van der Waals surface area contributed by atoms with E-state index in [9.17, 15) is 9.59 Å². The average Bonchev–Trinajstić information content (AvgIpc) is 3.24. The Labute approximate surface area is 169 Å². The zero-order chi connectivity index (χ0) is 19.1. The number of nitrogens with one attached hydrogen (secondary N) is 1. The van der Waals surface area contributed by atoms with Crippen LogP contribution in [-0.4, -0.2) is 41.5 Å². The summed E-state index contributed by atoms with van der Waals surface area (Å²) >= 11 is 1.80. The second kappa shape index (κ2) is 7.23.